The lowest BCUT2D eigenvalue weighted by Gasteiger charge is -2.19. The maximum atomic E-state index is 11.4. The second-order valence-electron chi connectivity index (χ2n) is 4.46. The average Bonchev–Trinajstić information content (AvgIpc) is 2.15. The van der Waals surface area contributed by atoms with Gasteiger partial charge in [-0.05, 0) is 27.2 Å². The van der Waals surface area contributed by atoms with Gasteiger partial charge in [0.2, 0.25) is 5.91 Å². The van der Waals surface area contributed by atoms with Crippen LogP contribution in [0.5, 0.6) is 0 Å². The molecule has 7 heteroatoms. The normalized spacial score (nSPS) is 12.6. The number of rotatable bonds is 6. The van der Waals surface area contributed by atoms with Crippen LogP contribution in [0, 0.1) is 5.41 Å². The van der Waals surface area contributed by atoms with Crippen molar-refractivity contribution < 1.29 is 19.5 Å². The predicted molar refractivity (Wildman–Crippen MR) is 61.2 cm³/mol. The van der Waals surface area contributed by atoms with Crippen molar-refractivity contribution in [2.45, 2.75) is 33.2 Å². The standard InChI is InChI=1S/C10H19N3O4/c1-6(13-9(11)17)7(14)12-5-4-10(2,3)8(15)16/h6H,4-5H2,1-3H3,(H,12,14)(H,15,16)(H3,11,13,17). The van der Waals surface area contributed by atoms with Crippen molar-refractivity contribution in [3.05, 3.63) is 0 Å². The van der Waals surface area contributed by atoms with Gasteiger partial charge < -0.3 is 21.5 Å². The van der Waals surface area contributed by atoms with Crippen LogP contribution >= 0.6 is 0 Å². The molecule has 0 saturated carbocycles. The predicted octanol–water partition coefficient (Wildman–Crippen LogP) is -0.340. The largest absolute Gasteiger partial charge is 0.481 e. The topological polar surface area (TPSA) is 122 Å². The van der Waals surface area contributed by atoms with E-state index in [9.17, 15) is 14.4 Å². The van der Waals surface area contributed by atoms with Crippen molar-refractivity contribution in [1.82, 2.24) is 10.6 Å². The summed E-state index contributed by atoms with van der Waals surface area (Å²) >= 11 is 0. The number of carbonyl (C=O) groups excluding carboxylic acids is 2. The summed E-state index contributed by atoms with van der Waals surface area (Å²) in [4.78, 5) is 32.7. The summed E-state index contributed by atoms with van der Waals surface area (Å²) < 4.78 is 0. The monoisotopic (exact) mass is 245 g/mol. The first-order chi connectivity index (χ1) is 7.66. The van der Waals surface area contributed by atoms with Gasteiger partial charge in [-0.1, -0.05) is 0 Å². The number of carbonyl (C=O) groups is 3. The molecule has 5 N–H and O–H groups in total. The summed E-state index contributed by atoms with van der Waals surface area (Å²) in [5, 5.41) is 13.6. The quantitative estimate of drug-likeness (QED) is 0.511. The Bertz CT molecular complexity index is 315. The molecule has 3 amide bonds. The minimum absolute atomic E-state index is 0.225. The Morgan fingerprint density at radius 2 is 1.88 bits per heavy atom. The highest BCUT2D eigenvalue weighted by Crippen LogP contribution is 2.19. The van der Waals surface area contributed by atoms with E-state index in [0.29, 0.717) is 6.42 Å². The summed E-state index contributed by atoms with van der Waals surface area (Å²) in [6.45, 7) is 4.87. The summed E-state index contributed by atoms with van der Waals surface area (Å²) in [6, 6.07) is -1.51. The van der Waals surface area contributed by atoms with E-state index in [4.69, 9.17) is 10.8 Å². The van der Waals surface area contributed by atoms with Crippen molar-refractivity contribution in [2.24, 2.45) is 11.1 Å². The first-order valence-electron chi connectivity index (χ1n) is 5.24. The van der Waals surface area contributed by atoms with Crippen LogP contribution in [0.25, 0.3) is 0 Å². The molecule has 0 spiro atoms. The molecule has 0 heterocycles. The Morgan fingerprint density at radius 1 is 1.35 bits per heavy atom. The molecular weight excluding hydrogens is 226 g/mol. The number of carboxylic acids is 1. The molecule has 0 saturated heterocycles. The highest BCUT2D eigenvalue weighted by atomic mass is 16.4. The van der Waals surface area contributed by atoms with Crippen molar-refractivity contribution in [2.75, 3.05) is 6.54 Å². The van der Waals surface area contributed by atoms with E-state index in [-0.39, 0.29) is 6.54 Å². The molecule has 0 aliphatic carbocycles. The first-order valence-corrected chi connectivity index (χ1v) is 5.24. The Morgan fingerprint density at radius 3 is 2.29 bits per heavy atom. The van der Waals surface area contributed by atoms with Crippen molar-refractivity contribution >= 4 is 17.9 Å². The smallest absolute Gasteiger partial charge is 0.312 e. The van der Waals surface area contributed by atoms with Crippen molar-refractivity contribution in [3.63, 3.8) is 0 Å². The third-order valence-electron chi connectivity index (χ3n) is 2.38. The molecule has 0 aromatic rings. The number of nitrogens with one attached hydrogen (secondary N) is 2. The number of hydrogen-bond donors (Lipinski definition) is 4. The molecule has 1 unspecified atom stereocenters. The molecule has 0 bridgehead atoms. The lowest BCUT2D eigenvalue weighted by molar-refractivity contribution is -0.147. The maximum Gasteiger partial charge on any atom is 0.312 e. The fraction of sp³-hybridized carbons (Fsp3) is 0.700. The van der Waals surface area contributed by atoms with Crippen LogP contribution in [-0.2, 0) is 9.59 Å². The van der Waals surface area contributed by atoms with E-state index in [0.717, 1.165) is 0 Å². The fourth-order valence-corrected chi connectivity index (χ4v) is 1.04. The second kappa shape index (κ2) is 6.07. The molecule has 98 valence electrons. The molecule has 0 fully saturated rings. The number of nitrogens with two attached hydrogens (primary N) is 1. The van der Waals surface area contributed by atoms with Gasteiger partial charge in [-0.15, -0.1) is 0 Å². The van der Waals surface area contributed by atoms with Crippen molar-refractivity contribution in [3.8, 4) is 0 Å². The number of hydrogen-bond acceptors (Lipinski definition) is 3. The van der Waals surface area contributed by atoms with Gasteiger partial charge in [-0.25, -0.2) is 4.79 Å². The Hall–Kier alpha value is -1.79. The number of carboxylic acid groups (broad SMARTS) is 1. The SMILES string of the molecule is CC(NC(N)=O)C(=O)NCCC(C)(C)C(=O)O. The minimum atomic E-state index is -0.921. The van der Waals surface area contributed by atoms with E-state index >= 15 is 0 Å². The average molecular weight is 245 g/mol. The van der Waals surface area contributed by atoms with E-state index in [2.05, 4.69) is 10.6 Å². The zero-order valence-corrected chi connectivity index (χ0v) is 10.2. The lowest BCUT2D eigenvalue weighted by Crippen LogP contribution is -2.47. The highest BCUT2D eigenvalue weighted by Gasteiger charge is 2.26. The molecule has 0 aromatic heterocycles. The Labute approximate surface area is 99.7 Å². The van der Waals surface area contributed by atoms with Gasteiger partial charge in [0.1, 0.15) is 6.04 Å². The van der Waals surface area contributed by atoms with Crippen LogP contribution in [0.15, 0.2) is 0 Å². The lowest BCUT2D eigenvalue weighted by atomic mass is 9.90. The van der Waals surface area contributed by atoms with Gasteiger partial charge in [-0.2, -0.15) is 0 Å². The highest BCUT2D eigenvalue weighted by molar-refractivity contribution is 5.86. The summed E-state index contributed by atoms with van der Waals surface area (Å²) in [5.74, 6) is -1.32. The molecule has 0 aromatic carbocycles. The van der Waals surface area contributed by atoms with Gasteiger partial charge in [0.25, 0.3) is 0 Å². The molecule has 1 atom stereocenters. The summed E-state index contributed by atoms with van der Waals surface area (Å²) in [7, 11) is 0. The molecule has 0 aliphatic heterocycles. The molecule has 7 nitrogen and oxygen atoms in total. The summed E-state index contributed by atoms with van der Waals surface area (Å²) in [5.41, 5.74) is 3.97. The Kier molecular flexibility index (Phi) is 5.43. The first kappa shape index (κ1) is 15.2. The van der Waals surface area contributed by atoms with Gasteiger partial charge in [0, 0.05) is 6.54 Å². The molecule has 0 radical (unpaired) electrons. The van der Waals surface area contributed by atoms with E-state index < -0.39 is 29.4 Å². The number of primary amides is 1. The zero-order valence-electron chi connectivity index (χ0n) is 10.2. The second-order valence-corrected chi connectivity index (χ2v) is 4.46. The third kappa shape index (κ3) is 5.74. The van der Waals surface area contributed by atoms with Crippen LogP contribution in [0.1, 0.15) is 27.2 Å². The molecule has 17 heavy (non-hydrogen) atoms. The van der Waals surface area contributed by atoms with Gasteiger partial charge in [0.15, 0.2) is 0 Å². The Balaban J connectivity index is 4.01. The maximum absolute atomic E-state index is 11.4. The van der Waals surface area contributed by atoms with E-state index in [1.54, 1.807) is 13.8 Å². The third-order valence-corrected chi connectivity index (χ3v) is 2.38. The number of aliphatic carboxylic acids is 1. The van der Waals surface area contributed by atoms with Gasteiger partial charge in [-0.3, -0.25) is 9.59 Å². The van der Waals surface area contributed by atoms with Gasteiger partial charge >= 0.3 is 12.0 Å². The zero-order chi connectivity index (χ0) is 13.6. The summed E-state index contributed by atoms with van der Waals surface area (Å²) in [6.07, 6.45) is 0.303. The minimum Gasteiger partial charge on any atom is -0.481 e. The van der Waals surface area contributed by atoms with Crippen LogP contribution < -0.4 is 16.4 Å². The van der Waals surface area contributed by atoms with Gasteiger partial charge in [0.05, 0.1) is 5.41 Å². The van der Waals surface area contributed by atoms with Crippen LogP contribution in [-0.4, -0.2) is 35.6 Å². The van der Waals surface area contributed by atoms with Crippen LogP contribution in [0.4, 0.5) is 4.79 Å². The molecule has 0 aliphatic rings. The molecule has 0 rings (SSSR count). The molecular formula is C10H19N3O4. The fourth-order valence-electron chi connectivity index (χ4n) is 1.04. The van der Waals surface area contributed by atoms with E-state index in [1.807, 2.05) is 0 Å². The van der Waals surface area contributed by atoms with Crippen LogP contribution in [0.3, 0.4) is 0 Å². The van der Waals surface area contributed by atoms with Crippen molar-refractivity contribution in [1.29, 1.82) is 0 Å². The number of amides is 3. The number of urea groups is 1. The van der Waals surface area contributed by atoms with E-state index in [1.165, 1.54) is 6.92 Å². The van der Waals surface area contributed by atoms with Crippen LogP contribution in [0.2, 0.25) is 0 Å².